The van der Waals surface area contributed by atoms with Gasteiger partial charge in [0, 0.05) is 51.2 Å². The number of amides is 1. The number of methoxy groups -OCH3 is 1. The molecule has 2 heterocycles. The van der Waals surface area contributed by atoms with Crippen LogP contribution in [0.25, 0.3) is 0 Å². The molecule has 0 radical (unpaired) electrons. The molecule has 5 heteroatoms. The van der Waals surface area contributed by atoms with Gasteiger partial charge in [0.05, 0.1) is 12.7 Å². The fourth-order valence-corrected chi connectivity index (χ4v) is 5.29. The maximum Gasteiger partial charge on any atom is 0.248 e. The molecule has 1 spiro atoms. The van der Waals surface area contributed by atoms with Gasteiger partial charge in [-0.1, -0.05) is 12.8 Å². The molecule has 4 rings (SSSR count). The number of nitrogens with zero attached hydrogens (tertiary/aromatic N) is 2. The minimum absolute atomic E-state index is 0.195. The first-order valence-corrected chi connectivity index (χ1v) is 10.3. The third-order valence-electron chi connectivity index (χ3n) is 6.95. The van der Waals surface area contributed by atoms with E-state index < -0.39 is 0 Å². The minimum atomic E-state index is 0.195. The molecule has 0 unspecified atom stereocenters. The summed E-state index contributed by atoms with van der Waals surface area (Å²) in [5.41, 5.74) is 0.244. The summed E-state index contributed by atoms with van der Waals surface area (Å²) in [5, 5.41) is 0. The van der Waals surface area contributed by atoms with Crippen molar-refractivity contribution in [3.8, 4) is 0 Å². The first kappa shape index (κ1) is 17.7. The molecule has 2 aliphatic heterocycles. The van der Waals surface area contributed by atoms with Crippen LogP contribution < -0.4 is 0 Å². The average Bonchev–Trinajstić information content (AvgIpc) is 3.03. The van der Waals surface area contributed by atoms with Gasteiger partial charge in [0.2, 0.25) is 5.91 Å². The van der Waals surface area contributed by atoms with Crippen LogP contribution in [0.5, 0.6) is 0 Å². The second kappa shape index (κ2) is 7.53. The summed E-state index contributed by atoms with van der Waals surface area (Å²) in [7, 11) is 1.81. The lowest BCUT2D eigenvalue weighted by atomic mass is 9.77. The van der Waals surface area contributed by atoms with Crippen LogP contribution in [-0.4, -0.2) is 74.9 Å². The molecule has 4 fully saturated rings. The molecule has 5 nitrogen and oxygen atoms in total. The van der Waals surface area contributed by atoms with Crippen LogP contribution in [0.15, 0.2) is 0 Å². The molecule has 142 valence electrons. The predicted molar refractivity (Wildman–Crippen MR) is 96.4 cm³/mol. The van der Waals surface area contributed by atoms with Crippen LogP contribution >= 0.6 is 0 Å². The minimum Gasteiger partial charge on any atom is -0.384 e. The van der Waals surface area contributed by atoms with Crippen molar-refractivity contribution in [2.24, 2.45) is 17.3 Å². The number of hydrogen-bond acceptors (Lipinski definition) is 4. The van der Waals surface area contributed by atoms with Crippen molar-refractivity contribution in [1.82, 2.24) is 9.80 Å². The number of ether oxygens (including phenoxy) is 2. The van der Waals surface area contributed by atoms with Gasteiger partial charge in [-0.3, -0.25) is 4.79 Å². The van der Waals surface area contributed by atoms with E-state index in [9.17, 15) is 4.79 Å². The van der Waals surface area contributed by atoms with Gasteiger partial charge in [-0.2, -0.15) is 0 Å². The molecular formula is C20H34N2O3. The highest BCUT2D eigenvalue weighted by Gasteiger charge is 2.51. The van der Waals surface area contributed by atoms with Gasteiger partial charge in [0.1, 0.15) is 6.61 Å². The number of likely N-dealkylation sites (tertiary alicyclic amines) is 2. The summed E-state index contributed by atoms with van der Waals surface area (Å²) < 4.78 is 11.4. The molecule has 25 heavy (non-hydrogen) atoms. The molecule has 2 atom stereocenters. The number of carbonyl (C=O) groups is 1. The van der Waals surface area contributed by atoms with E-state index in [2.05, 4.69) is 9.80 Å². The first-order valence-electron chi connectivity index (χ1n) is 10.3. The fraction of sp³-hybridized carbons (Fsp3) is 0.950. The Morgan fingerprint density at radius 3 is 2.68 bits per heavy atom. The van der Waals surface area contributed by atoms with Crippen LogP contribution in [0, 0.1) is 17.3 Å². The summed E-state index contributed by atoms with van der Waals surface area (Å²) in [6.07, 6.45) is 9.01. The van der Waals surface area contributed by atoms with E-state index in [4.69, 9.17) is 9.47 Å². The Morgan fingerprint density at radius 2 is 1.96 bits per heavy atom. The molecule has 4 aliphatic rings. The van der Waals surface area contributed by atoms with Gasteiger partial charge < -0.3 is 19.3 Å². The van der Waals surface area contributed by atoms with Crippen molar-refractivity contribution in [1.29, 1.82) is 0 Å². The van der Waals surface area contributed by atoms with Crippen LogP contribution in [0.3, 0.4) is 0 Å². The third-order valence-corrected chi connectivity index (χ3v) is 6.95. The normalized spacial score (nSPS) is 33.8. The number of carbonyl (C=O) groups excluding carboxylic acids is 1. The van der Waals surface area contributed by atoms with E-state index in [1.807, 2.05) is 7.11 Å². The lowest BCUT2D eigenvalue weighted by Crippen LogP contribution is -2.39. The Kier molecular flexibility index (Phi) is 5.35. The fourth-order valence-electron chi connectivity index (χ4n) is 5.29. The summed E-state index contributed by atoms with van der Waals surface area (Å²) in [5.74, 6) is 1.68. The maximum atomic E-state index is 12.6. The van der Waals surface area contributed by atoms with E-state index in [0.29, 0.717) is 12.0 Å². The number of rotatable bonds is 7. The second-order valence-corrected chi connectivity index (χ2v) is 8.93. The zero-order valence-corrected chi connectivity index (χ0v) is 15.8. The summed E-state index contributed by atoms with van der Waals surface area (Å²) in [4.78, 5) is 17.3. The van der Waals surface area contributed by atoms with Crippen LogP contribution in [0.2, 0.25) is 0 Å². The van der Waals surface area contributed by atoms with Crippen molar-refractivity contribution < 1.29 is 14.3 Å². The summed E-state index contributed by atoms with van der Waals surface area (Å²) in [6, 6.07) is 0. The standard InChI is InChI=1S/C20H34N2O3/c1-24-12-17-11-21(10-16-6-7-16)14-20(17)8-9-22(15-20)19(23)13-25-18-4-2-3-5-18/h16-18H,2-15H2,1H3/t17-,20-/m1/s1. The van der Waals surface area contributed by atoms with Gasteiger partial charge in [-0.05, 0) is 38.0 Å². The molecule has 0 bridgehead atoms. The van der Waals surface area contributed by atoms with Crippen molar-refractivity contribution in [3.05, 3.63) is 0 Å². The molecular weight excluding hydrogens is 316 g/mol. The van der Waals surface area contributed by atoms with E-state index in [-0.39, 0.29) is 17.9 Å². The molecule has 0 N–H and O–H groups in total. The predicted octanol–water partition coefficient (Wildman–Crippen LogP) is 2.15. The zero-order chi connectivity index (χ0) is 17.3. The van der Waals surface area contributed by atoms with Gasteiger partial charge >= 0.3 is 0 Å². The van der Waals surface area contributed by atoms with E-state index >= 15 is 0 Å². The molecule has 0 aromatic rings. The lowest BCUT2D eigenvalue weighted by molar-refractivity contribution is -0.137. The molecule has 1 amide bonds. The Bertz CT molecular complexity index is 476. The largest absolute Gasteiger partial charge is 0.384 e. The summed E-state index contributed by atoms with van der Waals surface area (Å²) in [6.45, 7) is 6.43. The molecule has 2 saturated heterocycles. The van der Waals surface area contributed by atoms with Gasteiger partial charge in [0.15, 0.2) is 0 Å². The quantitative estimate of drug-likeness (QED) is 0.706. The highest BCUT2D eigenvalue weighted by atomic mass is 16.5. The van der Waals surface area contributed by atoms with E-state index in [1.165, 1.54) is 32.2 Å². The van der Waals surface area contributed by atoms with E-state index in [0.717, 1.165) is 58.0 Å². The monoisotopic (exact) mass is 350 g/mol. The van der Waals surface area contributed by atoms with Gasteiger partial charge in [-0.15, -0.1) is 0 Å². The van der Waals surface area contributed by atoms with Crippen LogP contribution in [-0.2, 0) is 14.3 Å². The summed E-state index contributed by atoms with van der Waals surface area (Å²) >= 11 is 0. The highest BCUT2D eigenvalue weighted by Crippen LogP contribution is 2.45. The SMILES string of the molecule is COC[C@H]1CN(CC2CC2)C[C@@]12CCN(C(=O)COC1CCCC1)C2. The Hall–Kier alpha value is -0.650. The molecule has 2 aliphatic carbocycles. The molecule has 2 saturated carbocycles. The third kappa shape index (κ3) is 4.04. The Morgan fingerprint density at radius 1 is 1.16 bits per heavy atom. The lowest BCUT2D eigenvalue weighted by Gasteiger charge is -2.30. The topological polar surface area (TPSA) is 42.0 Å². The highest BCUT2D eigenvalue weighted by molar-refractivity contribution is 5.77. The average molecular weight is 351 g/mol. The maximum absolute atomic E-state index is 12.6. The van der Waals surface area contributed by atoms with Gasteiger partial charge in [0.25, 0.3) is 0 Å². The van der Waals surface area contributed by atoms with E-state index in [1.54, 1.807) is 0 Å². The first-order chi connectivity index (χ1) is 12.2. The van der Waals surface area contributed by atoms with Crippen molar-refractivity contribution in [2.45, 2.75) is 51.0 Å². The van der Waals surface area contributed by atoms with Crippen molar-refractivity contribution >= 4 is 5.91 Å². The Balaban J connectivity index is 1.32. The van der Waals surface area contributed by atoms with Crippen LogP contribution in [0.1, 0.15) is 44.9 Å². The van der Waals surface area contributed by atoms with Crippen molar-refractivity contribution in [2.75, 3.05) is 53.0 Å². The molecule has 0 aromatic heterocycles. The van der Waals surface area contributed by atoms with Gasteiger partial charge in [-0.25, -0.2) is 0 Å². The molecule has 0 aromatic carbocycles. The number of hydrogen-bond donors (Lipinski definition) is 0. The zero-order valence-electron chi connectivity index (χ0n) is 15.8. The second-order valence-electron chi connectivity index (χ2n) is 8.93. The smallest absolute Gasteiger partial charge is 0.248 e. The van der Waals surface area contributed by atoms with Crippen LogP contribution in [0.4, 0.5) is 0 Å². The Labute approximate surface area is 152 Å². The van der Waals surface area contributed by atoms with Crippen molar-refractivity contribution in [3.63, 3.8) is 0 Å².